The molecule has 0 radical (unpaired) electrons. The van der Waals surface area contributed by atoms with Crippen LogP contribution in [0.3, 0.4) is 0 Å². The zero-order valence-corrected chi connectivity index (χ0v) is 13.3. The second-order valence-electron chi connectivity index (χ2n) is 5.34. The van der Waals surface area contributed by atoms with E-state index in [4.69, 9.17) is 0 Å². The number of hydrogen-bond acceptors (Lipinski definition) is 2. The first kappa shape index (κ1) is 15.7. The van der Waals surface area contributed by atoms with Crippen molar-refractivity contribution < 1.29 is 4.39 Å². The first-order valence-electron chi connectivity index (χ1n) is 7.62. The standard InChI is InChI=1S/C17H24FN3/c1-5-9-19-11-15-10-14(7-8-16(15)18)17-12(3)20-21(6-2)13(17)4/h7-8,10,19H,5-6,9,11H2,1-4H3. The third-order valence-electron chi connectivity index (χ3n) is 3.76. The molecule has 0 saturated carbocycles. The molecule has 1 aromatic carbocycles. The molecule has 3 nitrogen and oxygen atoms in total. The Hall–Kier alpha value is -1.68. The fourth-order valence-electron chi connectivity index (χ4n) is 2.69. The Labute approximate surface area is 126 Å². The first-order valence-corrected chi connectivity index (χ1v) is 7.62. The van der Waals surface area contributed by atoms with Crippen molar-refractivity contribution in [2.75, 3.05) is 6.54 Å². The third-order valence-corrected chi connectivity index (χ3v) is 3.76. The summed E-state index contributed by atoms with van der Waals surface area (Å²) in [6.45, 7) is 10.6. The summed E-state index contributed by atoms with van der Waals surface area (Å²) in [5.74, 6) is -0.152. The van der Waals surface area contributed by atoms with Gasteiger partial charge in [0.2, 0.25) is 0 Å². The lowest BCUT2D eigenvalue weighted by atomic mass is 10.0. The average molecular weight is 289 g/mol. The highest BCUT2D eigenvalue weighted by Gasteiger charge is 2.14. The highest BCUT2D eigenvalue weighted by molar-refractivity contribution is 5.69. The number of hydrogen-bond donors (Lipinski definition) is 1. The van der Waals surface area contributed by atoms with Crippen LogP contribution >= 0.6 is 0 Å². The second kappa shape index (κ2) is 6.85. The lowest BCUT2D eigenvalue weighted by Gasteiger charge is -2.09. The van der Waals surface area contributed by atoms with Crippen LogP contribution < -0.4 is 5.32 Å². The molecule has 0 aliphatic heterocycles. The minimum Gasteiger partial charge on any atom is -0.313 e. The number of aromatic nitrogens is 2. The summed E-state index contributed by atoms with van der Waals surface area (Å²) in [4.78, 5) is 0. The quantitative estimate of drug-likeness (QED) is 0.819. The molecule has 0 unspecified atom stereocenters. The fourth-order valence-corrected chi connectivity index (χ4v) is 2.69. The first-order chi connectivity index (χ1) is 10.1. The SMILES string of the molecule is CCCNCc1cc(-c2c(C)nn(CC)c2C)ccc1F. The summed E-state index contributed by atoms with van der Waals surface area (Å²) < 4.78 is 15.9. The summed E-state index contributed by atoms with van der Waals surface area (Å²) in [7, 11) is 0. The van der Waals surface area contributed by atoms with Gasteiger partial charge in [0.15, 0.2) is 0 Å². The maximum atomic E-state index is 13.9. The molecule has 0 amide bonds. The van der Waals surface area contributed by atoms with Gasteiger partial charge in [0, 0.05) is 29.9 Å². The number of rotatable bonds is 6. The van der Waals surface area contributed by atoms with Gasteiger partial charge in [-0.2, -0.15) is 5.10 Å². The van der Waals surface area contributed by atoms with Crippen molar-refractivity contribution in [2.24, 2.45) is 0 Å². The number of halogens is 1. The molecule has 1 heterocycles. The summed E-state index contributed by atoms with van der Waals surface area (Å²) in [6, 6.07) is 5.34. The van der Waals surface area contributed by atoms with E-state index >= 15 is 0 Å². The minimum atomic E-state index is -0.152. The van der Waals surface area contributed by atoms with Crippen LogP contribution in [0.15, 0.2) is 18.2 Å². The van der Waals surface area contributed by atoms with Crippen LogP contribution in [0.25, 0.3) is 11.1 Å². The molecular formula is C17H24FN3. The van der Waals surface area contributed by atoms with Gasteiger partial charge in [0.1, 0.15) is 5.82 Å². The zero-order chi connectivity index (χ0) is 15.4. The Morgan fingerprint density at radius 2 is 2.00 bits per heavy atom. The molecule has 0 fully saturated rings. The van der Waals surface area contributed by atoms with Gasteiger partial charge in [-0.3, -0.25) is 4.68 Å². The smallest absolute Gasteiger partial charge is 0.127 e. The Morgan fingerprint density at radius 1 is 1.24 bits per heavy atom. The van der Waals surface area contributed by atoms with Gasteiger partial charge in [-0.25, -0.2) is 4.39 Å². The van der Waals surface area contributed by atoms with Gasteiger partial charge < -0.3 is 5.32 Å². The average Bonchev–Trinajstić information content (AvgIpc) is 2.76. The van der Waals surface area contributed by atoms with Crippen LogP contribution in [-0.4, -0.2) is 16.3 Å². The van der Waals surface area contributed by atoms with E-state index in [9.17, 15) is 4.39 Å². The van der Waals surface area contributed by atoms with Crippen molar-refractivity contribution in [3.63, 3.8) is 0 Å². The van der Waals surface area contributed by atoms with Crippen molar-refractivity contribution in [3.05, 3.63) is 41.0 Å². The topological polar surface area (TPSA) is 29.9 Å². The highest BCUT2D eigenvalue weighted by atomic mass is 19.1. The van der Waals surface area contributed by atoms with Gasteiger partial charge in [-0.05, 0) is 51.4 Å². The monoisotopic (exact) mass is 289 g/mol. The van der Waals surface area contributed by atoms with Crippen LogP contribution in [0.5, 0.6) is 0 Å². The van der Waals surface area contributed by atoms with Crippen molar-refractivity contribution in [2.45, 2.75) is 47.2 Å². The van der Waals surface area contributed by atoms with Gasteiger partial charge >= 0.3 is 0 Å². The molecule has 0 aliphatic carbocycles. The second-order valence-corrected chi connectivity index (χ2v) is 5.34. The van der Waals surface area contributed by atoms with E-state index in [0.29, 0.717) is 12.1 Å². The number of nitrogens with zero attached hydrogens (tertiary/aromatic N) is 2. The van der Waals surface area contributed by atoms with Crippen molar-refractivity contribution in [1.82, 2.24) is 15.1 Å². The lowest BCUT2D eigenvalue weighted by Crippen LogP contribution is -2.14. The maximum absolute atomic E-state index is 13.9. The molecule has 2 rings (SSSR count). The Bertz CT molecular complexity index is 617. The number of aryl methyl sites for hydroxylation is 2. The molecule has 0 atom stereocenters. The third kappa shape index (κ3) is 3.32. The Balaban J connectivity index is 2.36. The summed E-state index contributed by atoms with van der Waals surface area (Å²) >= 11 is 0. The van der Waals surface area contributed by atoms with Crippen LogP contribution in [0.2, 0.25) is 0 Å². The molecule has 0 bridgehead atoms. The molecule has 0 aliphatic rings. The predicted molar refractivity (Wildman–Crippen MR) is 84.8 cm³/mol. The largest absolute Gasteiger partial charge is 0.313 e. The van der Waals surface area contributed by atoms with E-state index < -0.39 is 0 Å². The molecule has 21 heavy (non-hydrogen) atoms. The van der Waals surface area contributed by atoms with Gasteiger partial charge in [0.05, 0.1) is 5.69 Å². The Morgan fingerprint density at radius 3 is 2.62 bits per heavy atom. The van der Waals surface area contributed by atoms with Crippen LogP contribution in [0.4, 0.5) is 4.39 Å². The molecule has 2 aromatic rings. The summed E-state index contributed by atoms with van der Waals surface area (Å²) in [5.41, 5.74) is 5.00. The Kier molecular flexibility index (Phi) is 5.12. The van der Waals surface area contributed by atoms with Crippen LogP contribution in [0.1, 0.15) is 37.2 Å². The van der Waals surface area contributed by atoms with E-state index in [1.54, 1.807) is 6.07 Å². The van der Waals surface area contributed by atoms with Gasteiger partial charge in [0.25, 0.3) is 0 Å². The molecule has 1 N–H and O–H groups in total. The van der Waals surface area contributed by atoms with Crippen molar-refractivity contribution in [3.8, 4) is 11.1 Å². The van der Waals surface area contributed by atoms with E-state index in [-0.39, 0.29) is 5.82 Å². The number of benzene rings is 1. The van der Waals surface area contributed by atoms with Crippen LogP contribution in [-0.2, 0) is 13.1 Å². The van der Waals surface area contributed by atoms with E-state index in [2.05, 4.69) is 31.2 Å². The van der Waals surface area contributed by atoms with Gasteiger partial charge in [-0.15, -0.1) is 0 Å². The normalized spacial score (nSPS) is 11.1. The fraction of sp³-hybridized carbons (Fsp3) is 0.471. The summed E-state index contributed by atoms with van der Waals surface area (Å²) in [5, 5.41) is 7.80. The van der Waals surface area contributed by atoms with Crippen molar-refractivity contribution >= 4 is 0 Å². The molecular weight excluding hydrogens is 265 g/mol. The zero-order valence-electron chi connectivity index (χ0n) is 13.3. The molecule has 1 aromatic heterocycles. The number of nitrogens with one attached hydrogen (secondary N) is 1. The predicted octanol–water partition coefficient (Wildman–Crippen LogP) is 3.83. The molecule has 114 valence electrons. The molecule has 0 spiro atoms. The minimum absolute atomic E-state index is 0.152. The van der Waals surface area contributed by atoms with E-state index in [0.717, 1.165) is 42.0 Å². The van der Waals surface area contributed by atoms with E-state index in [1.807, 2.05) is 23.7 Å². The van der Waals surface area contributed by atoms with Gasteiger partial charge in [-0.1, -0.05) is 13.0 Å². The highest BCUT2D eigenvalue weighted by Crippen LogP contribution is 2.28. The van der Waals surface area contributed by atoms with Crippen LogP contribution in [0, 0.1) is 19.7 Å². The molecule has 4 heteroatoms. The summed E-state index contributed by atoms with van der Waals surface area (Å²) in [6.07, 6.45) is 1.04. The van der Waals surface area contributed by atoms with E-state index in [1.165, 1.54) is 0 Å². The molecule has 0 saturated heterocycles. The maximum Gasteiger partial charge on any atom is 0.127 e. The lowest BCUT2D eigenvalue weighted by molar-refractivity contribution is 0.587. The van der Waals surface area contributed by atoms with Crippen molar-refractivity contribution in [1.29, 1.82) is 0 Å².